The third-order valence-corrected chi connectivity index (χ3v) is 3.17. The molecule has 0 saturated heterocycles. The second-order valence-corrected chi connectivity index (χ2v) is 4.66. The van der Waals surface area contributed by atoms with E-state index in [0.29, 0.717) is 29.0 Å². The number of anilines is 1. The van der Waals surface area contributed by atoms with Gasteiger partial charge in [-0.1, -0.05) is 35.0 Å². The summed E-state index contributed by atoms with van der Waals surface area (Å²) in [6.45, 7) is 0. The molecule has 0 amide bonds. The summed E-state index contributed by atoms with van der Waals surface area (Å²) in [5, 5.41) is 4.64. The highest BCUT2D eigenvalue weighted by Gasteiger charge is 2.11. The Morgan fingerprint density at radius 1 is 1.20 bits per heavy atom. The molecule has 2 heterocycles. The minimum atomic E-state index is 0.411. The molecular formula is C14H11ClN4O. The summed E-state index contributed by atoms with van der Waals surface area (Å²) in [5.74, 6) is 1.40. The van der Waals surface area contributed by atoms with Gasteiger partial charge in [0.2, 0.25) is 0 Å². The van der Waals surface area contributed by atoms with Gasteiger partial charge in [0.05, 0.1) is 0 Å². The number of aromatic nitrogens is 3. The Bertz CT molecular complexity index is 741. The molecule has 0 radical (unpaired) electrons. The second-order valence-electron chi connectivity index (χ2n) is 4.25. The molecule has 20 heavy (non-hydrogen) atoms. The lowest BCUT2D eigenvalue weighted by Crippen LogP contribution is -1.92. The third-order valence-electron chi connectivity index (χ3n) is 2.80. The average Bonchev–Trinajstić information content (AvgIpc) is 2.90. The van der Waals surface area contributed by atoms with Gasteiger partial charge in [-0.2, -0.15) is 4.98 Å². The van der Waals surface area contributed by atoms with Crippen LogP contribution < -0.4 is 5.73 Å². The Morgan fingerprint density at radius 3 is 2.85 bits per heavy atom. The second kappa shape index (κ2) is 5.30. The average molecular weight is 287 g/mol. The monoisotopic (exact) mass is 286 g/mol. The number of benzene rings is 1. The smallest absolute Gasteiger partial charge is 0.258 e. The van der Waals surface area contributed by atoms with E-state index in [1.54, 1.807) is 18.3 Å². The van der Waals surface area contributed by atoms with Gasteiger partial charge in [0.15, 0.2) is 5.82 Å². The van der Waals surface area contributed by atoms with Crippen molar-refractivity contribution in [2.75, 3.05) is 5.73 Å². The number of hydrogen-bond donors (Lipinski definition) is 1. The molecule has 0 spiro atoms. The molecule has 0 bridgehead atoms. The fourth-order valence-corrected chi connectivity index (χ4v) is 2.04. The van der Waals surface area contributed by atoms with Gasteiger partial charge in [0.1, 0.15) is 5.82 Å². The van der Waals surface area contributed by atoms with E-state index in [0.717, 1.165) is 11.1 Å². The number of pyridine rings is 1. The van der Waals surface area contributed by atoms with Crippen LogP contribution in [0.15, 0.2) is 47.1 Å². The van der Waals surface area contributed by atoms with E-state index >= 15 is 0 Å². The highest BCUT2D eigenvalue weighted by molar-refractivity contribution is 6.31. The molecule has 0 fully saturated rings. The quantitative estimate of drug-likeness (QED) is 0.801. The van der Waals surface area contributed by atoms with Crippen molar-refractivity contribution in [3.8, 4) is 11.5 Å². The maximum atomic E-state index is 6.11. The van der Waals surface area contributed by atoms with Crippen LogP contribution in [0.25, 0.3) is 11.5 Å². The molecule has 0 unspecified atom stereocenters. The largest absolute Gasteiger partial charge is 0.384 e. The van der Waals surface area contributed by atoms with Crippen molar-refractivity contribution in [1.29, 1.82) is 0 Å². The number of halogens is 1. The standard InChI is InChI=1S/C14H11ClN4O/c15-11-4-2-1-3-9(11)8-13-18-14(20-19-13)10-5-6-17-12(16)7-10/h1-7H,8H2,(H2,16,17). The normalized spacial score (nSPS) is 10.7. The molecular weight excluding hydrogens is 276 g/mol. The Hall–Kier alpha value is -2.40. The van der Waals surface area contributed by atoms with Crippen LogP contribution in [0, 0.1) is 0 Å². The highest BCUT2D eigenvalue weighted by atomic mass is 35.5. The van der Waals surface area contributed by atoms with Gasteiger partial charge in [-0.25, -0.2) is 4.98 Å². The van der Waals surface area contributed by atoms with E-state index in [-0.39, 0.29) is 0 Å². The molecule has 6 heteroatoms. The van der Waals surface area contributed by atoms with Gasteiger partial charge >= 0.3 is 0 Å². The number of nitrogen functional groups attached to an aromatic ring is 1. The minimum Gasteiger partial charge on any atom is -0.384 e. The topological polar surface area (TPSA) is 77.8 Å². The van der Waals surface area contributed by atoms with Gasteiger partial charge in [0.25, 0.3) is 5.89 Å². The maximum absolute atomic E-state index is 6.11. The zero-order valence-electron chi connectivity index (χ0n) is 10.5. The zero-order valence-corrected chi connectivity index (χ0v) is 11.2. The molecule has 3 aromatic rings. The summed E-state index contributed by atoms with van der Waals surface area (Å²) in [7, 11) is 0. The summed E-state index contributed by atoms with van der Waals surface area (Å²) in [6, 6.07) is 11.0. The van der Waals surface area contributed by atoms with Crippen LogP contribution in [0.5, 0.6) is 0 Å². The molecule has 0 saturated carbocycles. The first kappa shape index (κ1) is 12.6. The van der Waals surface area contributed by atoms with E-state index < -0.39 is 0 Å². The minimum absolute atomic E-state index is 0.411. The van der Waals surface area contributed by atoms with Crippen molar-refractivity contribution >= 4 is 17.4 Å². The SMILES string of the molecule is Nc1cc(-c2nc(Cc3ccccc3Cl)no2)ccn1. The number of nitrogens with zero attached hydrogens (tertiary/aromatic N) is 3. The molecule has 0 atom stereocenters. The first-order valence-electron chi connectivity index (χ1n) is 6.00. The Balaban J connectivity index is 1.86. The van der Waals surface area contributed by atoms with E-state index in [4.69, 9.17) is 21.9 Å². The van der Waals surface area contributed by atoms with E-state index in [9.17, 15) is 0 Å². The van der Waals surface area contributed by atoms with E-state index in [1.807, 2.05) is 24.3 Å². The van der Waals surface area contributed by atoms with Gasteiger partial charge in [-0.15, -0.1) is 0 Å². The Labute approximate surface area is 120 Å². The summed E-state index contributed by atoms with van der Waals surface area (Å²) >= 11 is 6.11. The van der Waals surface area contributed by atoms with Crippen LogP contribution in [0.1, 0.15) is 11.4 Å². The number of rotatable bonds is 3. The van der Waals surface area contributed by atoms with Crippen LogP contribution in [0.3, 0.4) is 0 Å². The first-order chi connectivity index (χ1) is 9.72. The third kappa shape index (κ3) is 2.62. The molecule has 3 rings (SSSR count). The molecule has 2 aromatic heterocycles. The van der Waals surface area contributed by atoms with Gasteiger partial charge in [0, 0.05) is 23.2 Å². The van der Waals surface area contributed by atoms with Crippen molar-refractivity contribution in [2.24, 2.45) is 0 Å². The highest BCUT2D eigenvalue weighted by Crippen LogP contribution is 2.21. The molecule has 2 N–H and O–H groups in total. The van der Waals surface area contributed by atoms with E-state index in [2.05, 4.69) is 15.1 Å². The molecule has 5 nitrogen and oxygen atoms in total. The Kier molecular flexibility index (Phi) is 3.35. The van der Waals surface area contributed by atoms with Crippen molar-refractivity contribution < 1.29 is 4.52 Å². The summed E-state index contributed by atoms with van der Waals surface area (Å²) in [6.07, 6.45) is 2.12. The lowest BCUT2D eigenvalue weighted by atomic mass is 10.1. The van der Waals surface area contributed by atoms with Crippen LogP contribution in [-0.4, -0.2) is 15.1 Å². The predicted molar refractivity (Wildman–Crippen MR) is 76.2 cm³/mol. The van der Waals surface area contributed by atoms with E-state index in [1.165, 1.54) is 0 Å². The fraction of sp³-hybridized carbons (Fsp3) is 0.0714. The number of nitrogens with two attached hydrogens (primary N) is 1. The van der Waals surface area contributed by atoms with Gasteiger partial charge in [-0.3, -0.25) is 0 Å². The van der Waals surface area contributed by atoms with Crippen LogP contribution in [0.2, 0.25) is 5.02 Å². The zero-order chi connectivity index (χ0) is 13.9. The van der Waals surface area contributed by atoms with Crippen LogP contribution in [0.4, 0.5) is 5.82 Å². The lowest BCUT2D eigenvalue weighted by molar-refractivity contribution is 0.424. The molecule has 100 valence electrons. The summed E-state index contributed by atoms with van der Waals surface area (Å²) in [5.41, 5.74) is 7.33. The molecule has 0 aliphatic heterocycles. The molecule has 0 aliphatic rings. The maximum Gasteiger partial charge on any atom is 0.258 e. The predicted octanol–water partition coefficient (Wildman–Crippen LogP) is 2.96. The van der Waals surface area contributed by atoms with Crippen LogP contribution >= 0.6 is 11.6 Å². The first-order valence-corrected chi connectivity index (χ1v) is 6.38. The number of hydrogen-bond acceptors (Lipinski definition) is 5. The molecule has 1 aromatic carbocycles. The summed E-state index contributed by atoms with van der Waals surface area (Å²) in [4.78, 5) is 8.26. The van der Waals surface area contributed by atoms with Crippen molar-refractivity contribution in [3.63, 3.8) is 0 Å². The van der Waals surface area contributed by atoms with Crippen LogP contribution in [-0.2, 0) is 6.42 Å². The van der Waals surface area contributed by atoms with Crippen molar-refractivity contribution in [3.05, 3.63) is 59.0 Å². The molecule has 0 aliphatic carbocycles. The Morgan fingerprint density at radius 2 is 2.05 bits per heavy atom. The van der Waals surface area contributed by atoms with Gasteiger partial charge in [-0.05, 0) is 23.8 Å². The fourth-order valence-electron chi connectivity index (χ4n) is 1.84. The van der Waals surface area contributed by atoms with Crippen molar-refractivity contribution in [2.45, 2.75) is 6.42 Å². The summed E-state index contributed by atoms with van der Waals surface area (Å²) < 4.78 is 5.23. The lowest BCUT2D eigenvalue weighted by Gasteiger charge is -1.99. The van der Waals surface area contributed by atoms with Crippen molar-refractivity contribution in [1.82, 2.24) is 15.1 Å². The van der Waals surface area contributed by atoms with Gasteiger partial charge < -0.3 is 10.3 Å².